The van der Waals surface area contributed by atoms with Gasteiger partial charge in [0.05, 0.1) is 25.4 Å². The van der Waals surface area contributed by atoms with Crippen molar-refractivity contribution in [2.45, 2.75) is 64.6 Å². The van der Waals surface area contributed by atoms with E-state index in [4.69, 9.17) is 20.0 Å². The van der Waals surface area contributed by atoms with E-state index in [9.17, 15) is 0 Å². The minimum absolute atomic E-state index is 0.221. The van der Waals surface area contributed by atoms with Crippen LogP contribution in [0.2, 0.25) is 0 Å². The molecule has 0 saturated heterocycles. The van der Waals surface area contributed by atoms with Crippen molar-refractivity contribution >= 4 is 0 Å². The van der Waals surface area contributed by atoms with Gasteiger partial charge in [-0.1, -0.05) is 0 Å². The van der Waals surface area contributed by atoms with Gasteiger partial charge in [0.2, 0.25) is 0 Å². The molecule has 0 aliphatic carbocycles. The van der Waals surface area contributed by atoms with E-state index < -0.39 is 0 Å². The Morgan fingerprint density at radius 2 is 1.12 bits per heavy atom. The van der Waals surface area contributed by atoms with E-state index in [1.54, 1.807) is 13.8 Å². The summed E-state index contributed by atoms with van der Waals surface area (Å²) in [7, 11) is 0. The van der Waals surface area contributed by atoms with Crippen molar-refractivity contribution in [3.63, 3.8) is 0 Å². The molecule has 0 spiro atoms. The summed E-state index contributed by atoms with van der Waals surface area (Å²) in [6, 6.07) is 0. The van der Waals surface area contributed by atoms with Gasteiger partial charge in [0, 0.05) is 0 Å². The fourth-order valence-corrected chi connectivity index (χ4v) is 1.32. The molecule has 0 aromatic rings. The molecule has 0 rings (SSSR count). The highest BCUT2D eigenvalue weighted by Crippen LogP contribution is 2.02. The fourth-order valence-electron chi connectivity index (χ4n) is 1.32. The second-order valence-corrected chi connectivity index (χ2v) is 4.33. The summed E-state index contributed by atoms with van der Waals surface area (Å²) in [6.07, 6.45) is 4.95. The van der Waals surface area contributed by atoms with Crippen LogP contribution in [-0.2, 0) is 9.78 Å². The first kappa shape index (κ1) is 15.8. The average molecular weight is 234 g/mol. The topological polar surface area (TPSA) is 58.9 Å². The van der Waals surface area contributed by atoms with Gasteiger partial charge >= 0.3 is 0 Å². The monoisotopic (exact) mass is 234 g/mol. The van der Waals surface area contributed by atoms with E-state index in [0.717, 1.165) is 38.5 Å². The predicted molar refractivity (Wildman–Crippen MR) is 63.0 cm³/mol. The molecule has 0 aromatic heterocycles. The zero-order valence-electron chi connectivity index (χ0n) is 10.5. The lowest BCUT2D eigenvalue weighted by atomic mass is 10.2. The third kappa shape index (κ3) is 13.8. The van der Waals surface area contributed by atoms with Crippen molar-refractivity contribution in [2.75, 3.05) is 13.2 Å². The molecule has 0 aromatic carbocycles. The Morgan fingerprint density at radius 3 is 1.44 bits per heavy atom. The SMILES string of the molecule is CC(O)CCCCOOCCCCC(C)O. The lowest BCUT2D eigenvalue weighted by molar-refractivity contribution is -0.295. The molecule has 0 amide bonds. The first-order valence-corrected chi connectivity index (χ1v) is 6.23. The first-order valence-electron chi connectivity index (χ1n) is 6.23. The maximum atomic E-state index is 9.00. The molecule has 4 nitrogen and oxygen atoms in total. The normalized spacial score (nSPS) is 15.0. The zero-order valence-corrected chi connectivity index (χ0v) is 10.5. The molecule has 98 valence electrons. The highest BCUT2D eigenvalue weighted by atomic mass is 17.2. The largest absolute Gasteiger partial charge is 0.393 e. The van der Waals surface area contributed by atoms with E-state index in [1.807, 2.05) is 0 Å². The third-order valence-electron chi connectivity index (χ3n) is 2.28. The Labute approximate surface area is 98.5 Å². The molecule has 4 heteroatoms. The van der Waals surface area contributed by atoms with Crippen LogP contribution in [-0.4, -0.2) is 35.6 Å². The zero-order chi connectivity index (χ0) is 12.2. The van der Waals surface area contributed by atoms with Crippen LogP contribution in [0.15, 0.2) is 0 Å². The molecule has 0 fully saturated rings. The number of unbranched alkanes of at least 4 members (excludes halogenated alkanes) is 2. The highest BCUT2D eigenvalue weighted by Gasteiger charge is 1.97. The Hall–Kier alpha value is -0.160. The van der Waals surface area contributed by atoms with Crippen LogP contribution in [0.4, 0.5) is 0 Å². The van der Waals surface area contributed by atoms with Gasteiger partial charge in [-0.3, -0.25) is 0 Å². The minimum Gasteiger partial charge on any atom is -0.393 e. The number of hydrogen-bond donors (Lipinski definition) is 2. The molecule has 2 unspecified atom stereocenters. The molecule has 16 heavy (non-hydrogen) atoms. The Bertz CT molecular complexity index is 121. The molecular weight excluding hydrogens is 208 g/mol. The van der Waals surface area contributed by atoms with Gasteiger partial charge in [-0.15, -0.1) is 0 Å². The molecule has 0 aliphatic rings. The number of aliphatic hydroxyl groups is 2. The lowest BCUT2D eigenvalue weighted by Gasteiger charge is -2.06. The first-order chi connectivity index (χ1) is 7.63. The van der Waals surface area contributed by atoms with Crippen LogP contribution in [0, 0.1) is 0 Å². The summed E-state index contributed by atoms with van der Waals surface area (Å²) in [6.45, 7) is 4.76. The Morgan fingerprint density at radius 1 is 0.750 bits per heavy atom. The molecule has 0 bridgehead atoms. The standard InChI is InChI=1S/C12H26O4/c1-11(13)7-3-5-9-15-16-10-6-4-8-12(2)14/h11-14H,3-10H2,1-2H3. The van der Waals surface area contributed by atoms with Crippen LogP contribution >= 0.6 is 0 Å². The summed E-state index contributed by atoms with van der Waals surface area (Å²) in [5.41, 5.74) is 0. The third-order valence-corrected chi connectivity index (χ3v) is 2.28. The average Bonchev–Trinajstić information content (AvgIpc) is 2.20. The van der Waals surface area contributed by atoms with Crippen LogP contribution in [0.25, 0.3) is 0 Å². The van der Waals surface area contributed by atoms with Gasteiger partial charge < -0.3 is 10.2 Å². The van der Waals surface area contributed by atoms with E-state index in [2.05, 4.69) is 0 Å². The number of rotatable bonds is 11. The summed E-state index contributed by atoms with van der Waals surface area (Å²) in [4.78, 5) is 9.96. The molecule has 0 heterocycles. The predicted octanol–water partition coefficient (Wildman–Crippen LogP) is 2.04. The Balaban J connectivity index is 2.93. The summed E-state index contributed by atoms with van der Waals surface area (Å²) >= 11 is 0. The van der Waals surface area contributed by atoms with E-state index in [1.165, 1.54) is 0 Å². The van der Waals surface area contributed by atoms with E-state index in [-0.39, 0.29) is 12.2 Å². The summed E-state index contributed by atoms with van der Waals surface area (Å²) < 4.78 is 0. The number of aliphatic hydroxyl groups excluding tert-OH is 2. The van der Waals surface area contributed by atoms with Crippen molar-refractivity contribution < 1.29 is 20.0 Å². The summed E-state index contributed by atoms with van der Waals surface area (Å²) in [5, 5.41) is 18.0. The van der Waals surface area contributed by atoms with Crippen molar-refractivity contribution in [2.24, 2.45) is 0 Å². The van der Waals surface area contributed by atoms with Gasteiger partial charge in [0.25, 0.3) is 0 Å². The van der Waals surface area contributed by atoms with Crippen LogP contribution < -0.4 is 0 Å². The van der Waals surface area contributed by atoms with Gasteiger partial charge in [-0.2, -0.15) is 0 Å². The fraction of sp³-hybridized carbons (Fsp3) is 1.00. The van der Waals surface area contributed by atoms with E-state index >= 15 is 0 Å². The van der Waals surface area contributed by atoms with Crippen molar-refractivity contribution in [1.29, 1.82) is 0 Å². The second kappa shape index (κ2) is 11.3. The molecular formula is C12H26O4. The number of hydrogen-bond acceptors (Lipinski definition) is 4. The Kier molecular flexibility index (Phi) is 11.2. The van der Waals surface area contributed by atoms with Gasteiger partial charge in [0.1, 0.15) is 0 Å². The van der Waals surface area contributed by atoms with Crippen molar-refractivity contribution in [3.05, 3.63) is 0 Å². The van der Waals surface area contributed by atoms with Gasteiger partial charge in [-0.25, -0.2) is 9.78 Å². The van der Waals surface area contributed by atoms with Gasteiger partial charge in [0.15, 0.2) is 0 Å². The molecule has 0 radical (unpaired) electrons. The maximum absolute atomic E-state index is 9.00. The smallest absolute Gasteiger partial charge is 0.0822 e. The molecule has 0 aliphatic heterocycles. The van der Waals surface area contributed by atoms with E-state index in [0.29, 0.717) is 13.2 Å². The highest BCUT2D eigenvalue weighted by molar-refractivity contribution is 4.47. The lowest BCUT2D eigenvalue weighted by Crippen LogP contribution is -2.03. The van der Waals surface area contributed by atoms with Crippen LogP contribution in [0.5, 0.6) is 0 Å². The molecule has 2 N–H and O–H groups in total. The summed E-state index contributed by atoms with van der Waals surface area (Å²) in [5.74, 6) is 0. The van der Waals surface area contributed by atoms with Crippen LogP contribution in [0.1, 0.15) is 52.4 Å². The van der Waals surface area contributed by atoms with Gasteiger partial charge in [-0.05, 0) is 52.4 Å². The quantitative estimate of drug-likeness (QED) is 0.326. The second-order valence-electron chi connectivity index (χ2n) is 4.33. The molecule has 2 atom stereocenters. The van der Waals surface area contributed by atoms with Crippen LogP contribution in [0.3, 0.4) is 0 Å². The molecule has 0 saturated carbocycles. The van der Waals surface area contributed by atoms with Crippen molar-refractivity contribution in [3.8, 4) is 0 Å². The van der Waals surface area contributed by atoms with Crippen molar-refractivity contribution in [1.82, 2.24) is 0 Å². The maximum Gasteiger partial charge on any atom is 0.0822 e. The minimum atomic E-state index is -0.221.